The standard InChI is InChI=1S/C19H18F2N4O2/c1-2-19(20,21)12-27-17-6-3-13(10-23-17)11-24-18(26)25-15-4-5-16-14(9-15)7-8-22-16/h2-10,22H,1,11-12H2,(H2,24,25,26). The van der Waals surface area contributed by atoms with E-state index in [1.807, 2.05) is 24.4 Å². The van der Waals surface area contributed by atoms with Gasteiger partial charge in [0, 0.05) is 41.6 Å². The Morgan fingerprint density at radius 2 is 2.15 bits per heavy atom. The normalized spacial score (nSPS) is 11.2. The van der Waals surface area contributed by atoms with Gasteiger partial charge < -0.3 is 20.4 Å². The summed E-state index contributed by atoms with van der Waals surface area (Å²) in [7, 11) is 0. The maximum absolute atomic E-state index is 13.0. The van der Waals surface area contributed by atoms with Crippen molar-refractivity contribution < 1.29 is 18.3 Å². The number of pyridine rings is 1. The van der Waals surface area contributed by atoms with Gasteiger partial charge in [0.2, 0.25) is 5.88 Å². The molecule has 1 aromatic carbocycles. The van der Waals surface area contributed by atoms with Crippen LogP contribution in [0.2, 0.25) is 0 Å². The fraction of sp³-hybridized carbons (Fsp3) is 0.158. The number of rotatable bonds is 7. The number of fused-ring (bicyclic) bond motifs is 1. The minimum absolute atomic E-state index is 0.0736. The van der Waals surface area contributed by atoms with Crippen LogP contribution < -0.4 is 15.4 Å². The molecule has 27 heavy (non-hydrogen) atoms. The smallest absolute Gasteiger partial charge is 0.319 e. The zero-order chi connectivity index (χ0) is 19.3. The minimum atomic E-state index is -3.11. The maximum Gasteiger partial charge on any atom is 0.319 e. The summed E-state index contributed by atoms with van der Waals surface area (Å²) in [4.78, 5) is 19.0. The van der Waals surface area contributed by atoms with E-state index in [0.717, 1.165) is 10.9 Å². The van der Waals surface area contributed by atoms with Gasteiger partial charge in [-0.3, -0.25) is 0 Å². The van der Waals surface area contributed by atoms with Gasteiger partial charge in [-0.25, -0.2) is 9.78 Å². The Morgan fingerprint density at radius 3 is 2.89 bits per heavy atom. The van der Waals surface area contributed by atoms with Gasteiger partial charge in [-0.1, -0.05) is 12.6 Å². The molecule has 140 valence electrons. The van der Waals surface area contributed by atoms with Crippen LogP contribution in [0, 0.1) is 0 Å². The zero-order valence-corrected chi connectivity index (χ0v) is 14.3. The Morgan fingerprint density at radius 1 is 1.30 bits per heavy atom. The van der Waals surface area contributed by atoms with Gasteiger partial charge in [0.25, 0.3) is 5.92 Å². The van der Waals surface area contributed by atoms with E-state index < -0.39 is 12.5 Å². The number of H-pyrrole nitrogens is 1. The number of carbonyl (C=O) groups is 1. The molecule has 0 fully saturated rings. The van der Waals surface area contributed by atoms with Gasteiger partial charge in [0.05, 0.1) is 0 Å². The van der Waals surface area contributed by atoms with Crippen molar-refractivity contribution in [2.45, 2.75) is 12.5 Å². The molecule has 0 aliphatic heterocycles. The van der Waals surface area contributed by atoms with E-state index >= 15 is 0 Å². The topological polar surface area (TPSA) is 79.0 Å². The first-order valence-electron chi connectivity index (χ1n) is 8.16. The van der Waals surface area contributed by atoms with E-state index in [4.69, 9.17) is 4.74 Å². The van der Waals surface area contributed by atoms with E-state index in [-0.39, 0.29) is 18.5 Å². The first kappa shape index (κ1) is 18.4. The molecule has 0 unspecified atom stereocenters. The summed E-state index contributed by atoms with van der Waals surface area (Å²) in [5.74, 6) is -3.03. The Hall–Kier alpha value is -3.42. The van der Waals surface area contributed by atoms with Gasteiger partial charge >= 0.3 is 6.03 Å². The van der Waals surface area contributed by atoms with Gasteiger partial charge in [-0.05, 0) is 35.9 Å². The number of halogens is 2. The lowest BCUT2D eigenvalue weighted by atomic mass is 10.2. The third kappa shape index (κ3) is 5.04. The van der Waals surface area contributed by atoms with Crippen molar-refractivity contribution in [1.82, 2.24) is 15.3 Å². The number of hydrogen-bond acceptors (Lipinski definition) is 3. The van der Waals surface area contributed by atoms with Crippen LogP contribution in [-0.2, 0) is 6.54 Å². The Balaban J connectivity index is 1.49. The quantitative estimate of drug-likeness (QED) is 0.547. The number of nitrogens with zero attached hydrogens (tertiary/aromatic N) is 1. The first-order valence-corrected chi connectivity index (χ1v) is 8.16. The van der Waals surface area contributed by atoms with E-state index in [2.05, 4.69) is 27.2 Å². The van der Waals surface area contributed by atoms with E-state index in [9.17, 15) is 13.6 Å². The molecule has 0 saturated heterocycles. The lowest BCUT2D eigenvalue weighted by Crippen LogP contribution is -2.28. The second kappa shape index (κ2) is 7.86. The fourth-order valence-corrected chi connectivity index (χ4v) is 2.32. The fourth-order valence-electron chi connectivity index (χ4n) is 2.32. The van der Waals surface area contributed by atoms with E-state index in [1.165, 1.54) is 12.3 Å². The summed E-state index contributed by atoms with van der Waals surface area (Å²) in [5, 5.41) is 6.44. The molecule has 8 heteroatoms. The Labute approximate surface area is 154 Å². The van der Waals surface area contributed by atoms with Gasteiger partial charge in [0.1, 0.15) is 0 Å². The summed E-state index contributed by atoms with van der Waals surface area (Å²) >= 11 is 0. The lowest BCUT2D eigenvalue weighted by molar-refractivity contribution is 0.00394. The number of benzene rings is 1. The molecule has 0 aliphatic rings. The van der Waals surface area contributed by atoms with Crippen molar-refractivity contribution in [3.05, 3.63) is 67.0 Å². The third-order valence-electron chi connectivity index (χ3n) is 3.77. The number of carbonyl (C=O) groups excluding carboxylic acids is 1. The largest absolute Gasteiger partial charge is 0.471 e. The van der Waals surface area contributed by atoms with E-state index in [1.54, 1.807) is 12.1 Å². The summed E-state index contributed by atoms with van der Waals surface area (Å²) in [6, 6.07) is 10.2. The number of anilines is 1. The number of alkyl halides is 2. The number of ether oxygens (including phenoxy) is 1. The zero-order valence-electron chi connectivity index (χ0n) is 14.3. The Kier molecular flexibility index (Phi) is 5.35. The molecule has 3 rings (SSSR count). The maximum atomic E-state index is 13.0. The molecule has 0 bridgehead atoms. The SMILES string of the molecule is C=CC(F)(F)COc1ccc(CNC(=O)Nc2ccc3[nH]ccc3c2)cn1. The molecular formula is C19H18F2N4O2. The number of hydrogen-bond donors (Lipinski definition) is 3. The minimum Gasteiger partial charge on any atom is -0.471 e. The molecule has 0 spiro atoms. The van der Waals surface area contributed by atoms with Crippen LogP contribution >= 0.6 is 0 Å². The molecule has 0 radical (unpaired) electrons. The van der Waals surface area contributed by atoms with Crippen LogP contribution in [0.1, 0.15) is 5.56 Å². The Bertz CT molecular complexity index is 938. The van der Waals surface area contributed by atoms with Crippen LogP contribution in [0.25, 0.3) is 10.9 Å². The number of aromatic amines is 1. The van der Waals surface area contributed by atoms with Gasteiger partial charge in [-0.2, -0.15) is 8.78 Å². The van der Waals surface area contributed by atoms with Crippen molar-refractivity contribution in [2.75, 3.05) is 11.9 Å². The van der Waals surface area contributed by atoms with Gasteiger partial charge in [-0.15, -0.1) is 0 Å². The predicted molar refractivity (Wildman–Crippen MR) is 99.0 cm³/mol. The summed E-state index contributed by atoms with van der Waals surface area (Å²) in [6.45, 7) is 2.45. The summed E-state index contributed by atoms with van der Waals surface area (Å²) in [6.07, 6.45) is 3.80. The van der Waals surface area contributed by atoms with Crippen LogP contribution in [0.15, 0.2) is 61.4 Å². The second-order valence-electron chi connectivity index (χ2n) is 5.85. The molecule has 3 N–H and O–H groups in total. The number of aromatic nitrogens is 2. The van der Waals surface area contributed by atoms with Crippen molar-refractivity contribution in [3.63, 3.8) is 0 Å². The number of amides is 2. The van der Waals surface area contributed by atoms with Crippen LogP contribution in [0.4, 0.5) is 19.3 Å². The predicted octanol–water partition coefficient (Wildman–Crippen LogP) is 4.08. The van der Waals surface area contributed by atoms with Crippen LogP contribution in [0.3, 0.4) is 0 Å². The van der Waals surface area contributed by atoms with Crippen molar-refractivity contribution >= 4 is 22.6 Å². The molecular weight excluding hydrogens is 354 g/mol. The highest BCUT2D eigenvalue weighted by molar-refractivity contribution is 5.92. The number of urea groups is 1. The molecule has 0 atom stereocenters. The molecule has 0 aliphatic carbocycles. The lowest BCUT2D eigenvalue weighted by Gasteiger charge is -2.12. The summed E-state index contributed by atoms with van der Waals surface area (Å²) in [5.41, 5.74) is 2.36. The van der Waals surface area contributed by atoms with Crippen molar-refractivity contribution in [2.24, 2.45) is 0 Å². The van der Waals surface area contributed by atoms with Gasteiger partial charge in [0.15, 0.2) is 6.61 Å². The monoisotopic (exact) mass is 372 g/mol. The third-order valence-corrected chi connectivity index (χ3v) is 3.77. The molecule has 2 aromatic heterocycles. The molecule has 0 saturated carbocycles. The van der Waals surface area contributed by atoms with Crippen molar-refractivity contribution in [3.8, 4) is 5.88 Å². The highest BCUT2D eigenvalue weighted by atomic mass is 19.3. The average Bonchev–Trinajstić information content (AvgIpc) is 3.13. The van der Waals surface area contributed by atoms with E-state index in [0.29, 0.717) is 17.3 Å². The first-order chi connectivity index (χ1) is 12.9. The molecule has 2 heterocycles. The second-order valence-corrected chi connectivity index (χ2v) is 5.85. The highest BCUT2D eigenvalue weighted by Gasteiger charge is 2.25. The molecule has 3 aromatic rings. The molecule has 2 amide bonds. The van der Waals surface area contributed by atoms with Crippen molar-refractivity contribution in [1.29, 1.82) is 0 Å². The molecule has 6 nitrogen and oxygen atoms in total. The number of nitrogens with one attached hydrogen (secondary N) is 3. The van der Waals surface area contributed by atoms with Crippen LogP contribution in [0.5, 0.6) is 5.88 Å². The van der Waals surface area contributed by atoms with Crippen LogP contribution in [-0.4, -0.2) is 28.5 Å². The average molecular weight is 372 g/mol. The summed E-state index contributed by atoms with van der Waals surface area (Å²) < 4.78 is 31.0. The highest BCUT2D eigenvalue weighted by Crippen LogP contribution is 2.18.